The fourth-order valence-electron chi connectivity index (χ4n) is 3.22. The van der Waals surface area contributed by atoms with Crippen LogP contribution < -0.4 is 5.73 Å². The topological polar surface area (TPSA) is 95.2 Å². The Kier molecular flexibility index (Phi) is 6.51. The summed E-state index contributed by atoms with van der Waals surface area (Å²) in [6.45, 7) is 8.69. The van der Waals surface area contributed by atoms with Crippen molar-refractivity contribution in [2.75, 3.05) is 0 Å². The summed E-state index contributed by atoms with van der Waals surface area (Å²) in [4.78, 5) is 32.2. The SMILES string of the molecule is C=C(C)OC(=O)Cc1ccc(-c2ccc(-c3nc(C(N)=O)c(C)nc3C)c(Cl)c2)cc1. The van der Waals surface area contributed by atoms with E-state index in [4.69, 9.17) is 22.1 Å². The summed E-state index contributed by atoms with van der Waals surface area (Å²) in [5.41, 5.74) is 10.5. The molecule has 0 aliphatic rings. The lowest BCUT2D eigenvalue weighted by molar-refractivity contribution is -0.138. The minimum absolute atomic E-state index is 0.126. The maximum atomic E-state index is 11.8. The molecule has 3 rings (SSSR count). The molecule has 7 heteroatoms. The number of halogens is 1. The molecule has 0 unspecified atom stereocenters. The lowest BCUT2D eigenvalue weighted by Gasteiger charge is -2.12. The minimum Gasteiger partial charge on any atom is -0.432 e. The van der Waals surface area contributed by atoms with E-state index < -0.39 is 5.91 Å². The van der Waals surface area contributed by atoms with Crippen molar-refractivity contribution in [2.45, 2.75) is 27.2 Å². The Morgan fingerprint density at radius 3 is 2.26 bits per heavy atom. The molecule has 0 spiro atoms. The van der Waals surface area contributed by atoms with Gasteiger partial charge in [0.15, 0.2) is 0 Å². The van der Waals surface area contributed by atoms with Crippen LogP contribution in [0.15, 0.2) is 54.8 Å². The van der Waals surface area contributed by atoms with E-state index in [2.05, 4.69) is 16.5 Å². The minimum atomic E-state index is -0.633. The Bertz CT molecular complexity index is 1190. The molecular formula is C24H22ClN3O3. The number of esters is 1. The number of hydrogen-bond donors (Lipinski definition) is 1. The summed E-state index contributed by atoms with van der Waals surface area (Å²) in [6.07, 6.45) is 0.167. The number of nitrogens with zero attached hydrogens (tertiary/aromatic N) is 2. The van der Waals surface area contributed by atoms with Crippen LogP contribution in [-0.4, -0.2) is 21.8 Å². The van der Waals surface area contributed by atoms with Gasteiger partial charge in [-0.25, -0.2) is 4.98 Å². The van der Waals surface area contributed by atoms with Gasteiger partial charge < -0.3 is 10.5 Å². The third kappa shape index (κ3) is 5.16. The number of ether oxygens (including phenoxy) is 1. The highest BCUT2D eigenvalue weighted by atomic mass is 35.5. The number of rotatable bonds is 6. The summed E-state index contributed by atoms with van der Waals surface area (Å²) in [7, 11) is 0. The van der Waals surface area contributed by atoms with Crippen molar-refractivity contribution >= 4 is 23.5 Å². The molecule has 0 saturated carbocycles. The second kappa shape index (κ2) is 9.10. The number of aryl methyl sites for hydroxylation is 2. The molecule has 0 saturated heterocycles. The Morgan fingerprint density at radius 2 is 1.68 bits per heavy atom. The molecule has 1 aromatic heterocycles. The van der Waals surface area contributed by atoms with Crippen LogP contribution in [0.25, 0.3) is 22.4 Å². The van der Waals surface area contributed by atoms with Gasteiger partial charge in [0.05, 0.1) is 34.3 Å². The smallest absolute Gasteiger partial charge is 0.315 e. The fraction of sp³-hybridized carbons (Fsp3) is 0.167. The molecule has 1 amide bonds. The van der Waals surface area contributed by atoms with Crippen LogP contribution in [0.2, 0.25) is 5.02 Å². The fourth-order valence-corrected chi connectivity index (χ4v) is 3.49. The normalized spacial score (nSPS) is 10.6. The monoisotopic (exact) mass is 435 g/mol. The zero-order valence-corrected chi connectivity index (χ0v) is 18.3. The Labute approximate surface area is 185 Å². The Morgan fingerprint density at radius 1 is 1.03 bits per heavy atom. The first-order valence-electron chi connectivity index (χ1n) is 9.56. The van der Waals surface area contributed by atoms with E-state index in [9.17, 15) is 9.59 Å². The number of benzene rings is 2. The van der Waals surface area contributed by atoms with Crippen LogP contribution in [0.3, 0.4) is 0 Å². The van der Waals surface area contributed by atoms with E-state index in [0.717, 1.165) is 16.7 Å². The van der Waals surface area contributed by atoms with Gasteiger partial charge >= 0.3 is 5.97 Å². The quantitative estimate of drug-likeness (QED) is 0.443. The van der Waals surface area contributed by atoms with Crippen LogP contribution in [0.4, 0.5) is 0 Å². The molecule has 1 heterocycles. The average Bonchev–Trinajstić information content (AvgIpc) is 2.68. The van der Waals surface area contributed by atoms with E-state index in [-0.39, 0.29) is 18.1 Å². The first kappa shape index (κ1) is 22.2. The van der Waals surface area contributed by atoms with Crippen molar-refractivity contribution in [1.82, 2.24) is 9.97 Å². The standard InChI is InChI=1S/C24H22ClN3O3/c1-13(2)31-21(29)11-16-5-7-17(8-6-16)18-9-10-19(20(25)12-18)22-14(3)27-15(4)23(28-22)24(26)30/h5-10,12H,1,11H2,2-4H3,(H2,26,30). The zero-order valence-electron chi connectivity index (χ0n) is 17.5. The molecule has 158 valence electrons. The number of aromatic nitrogens is 2. The molecule has 0 aliphatic carbocycles. The van der Waals surface area contributed by atoms with Gasteiger partial charge in [0.25, 0.3) is 5.91 Å². The first-order valence-corrected chi connectivity index (χ1v) is 9.94. The van der Waals surface area contributed by atoms with Gasteiger partial charge in [-0.3, -0.25) is 14.6 Å². The second-order valence-corrected chi connectivity index (χ2v) is 7.61. The van der Waals surface area contributed by atoms with Gasteiger partial charge in [-0.05, 0) is 43.5 Å². The van der Waals surface area contributed by atoms with E-state index in [1.54, 1.807) is 13.8 Å². The maximum Gasteiger partial charge on any atom is 0.315 e. The largest absolute Gasteiger partial charge is 0.432 e. The van der Waals surface area contributed by atoms with Crippen molar-refractivity contribution in [3.8, 4) is 22.4 Å². The number of amides is 1. The summed E-state index contributed by atoms with van der Waals surface area (Å²) < 4.78 is 4.99. The summed E-state index contributed by atoms with van der Waals surface area (Å²) in [5, 5.41) is 0.475. The molecule has 0 fully saturated rings. The third-order valence-electron chi connectivity index (χ3n) is 4.63. The molecule has 3 aromatic rings. The van der Waals surface area contributed by atoms with Gasteiger partial charge in [-0.15, -0.1) is 0 Å². The zero-order chi connectivity index (χ0) is 22.7. The summed E-state index contributed by atoms with van der Waals surface area (Å²) >= 11 is 6.55. The van der Waals surface area contributed by atoms with Crippen molar-refractivity contribution in [1.29, 1.82) is 0 Å². The van der Waals surface area contributed by atoms with Crippen LogP contribution in [-0.2, 0) is 16.0 Å². The number of carbonyl (C=O) groups excluding carboxylic acids is 2. The summed E-state index contributed by atoms with van der Waals surface area (Å²) in [5.74, 6) is -0.614. The van der Waals surface area contributed by atoms with E-state index in [1.807, 2.05) is 49.4 Å². The molecule has 0 atom stereocenters. The Hall–Kier alpha value is -3.51. The second-order valence-electron chi connectivity index (χ2n) is 7.20. The van der Waals surface area contributed by atoms with Crippen molar-refractivity contribution in [3.05, 3.63) is 82.5 Å². The molecule has 6 nitrogen and oxygen atoms in total. The highest BCUT2D eigenvalue weighted by molar-refractivity contribution is 6.33. The van der Waals surface area contributed by atoms with Crippen molar-refractivity contribution in [2.24, 2.45) is 5.73 Å². The van der Waals surface area contributed by atoms with E-state index >= 15 is 0 Å². The van der Waals surface area contributed by atoms with Crippen molar-refractivity contribution in [3.63, 3.8) is 0 Å². The van der Waals surface area contributed by atoms with Gasteiger partial charge in [0, 0.05) is 5.56 Å². The van der Waals surface area contributed by atoms with Gasteiger partial charge in [0.1, 0.15) is 5.69 Å². The van der Waals surface area contributed by atoms with Crippen LogP contribution >= 0.6 is 11.6 Å². The van der Waals surface area contributed by atoms with Gasteiger partial charge in [0.2, 0.25) is 0 Å². The van der Waals surface area contributed by atoms with E-state index in [1.165, 1.54) is 0 Å². The Balaban J connectivity index is 1.88. The lowest BCUT2D eigenvalue weighted by Crippen LogP contribution is -2.17. The maximum absolute atomic E-state index is 11.8. The molecular weight excluding hydrogens is 414 g/mol. The van der Waals surface area contributed by atoms with Gasteiger partial charge in [-0.1, -0.05) is 54.6 Å². The van der Waals surface area contributed by atoms with Gasteiger partial charge in [-0.2, -0.15) is 0 Å². The number of carbonyl (C=O) groups is 2. The highest BCUT2D eigenvalue weighted by Gasteiger charge is 2.16. The van der Waals surface area contributed by atoms with Crippen LogP contribution in [0, 0.1) is 13.8 Å². The number of allylic oxidation sites excluding steroid dienone is 1. The predicted octanol–water partition coefficient (Wildman–Crippen LogP) is 4.80. The molecule has 2 N–H and O–H groups in total. The molecule has 31 heavy (non-hydrogen) atoms. The number of primary amides is 1. The first-order chi connectivity index (χ1) is 14.7. The molecule has 0 radical (unpaired) electrons. The van der Waals surface area contributed by atoms with Crippen LogP contribution in [0.1, 0.15) is 34.4 Å². The highest BCUT2D eigenvalue weighted by Crippen LogP contribution is 2.33. The molecule has 2 aromatic carbocycles. The third-order valence-corrected chi connectivity index (χ3v) is 4.94. The predicted molar refractivity (Wildman–Crippen MR) is 121 cm³/mol. The number of nitrogens with two attached hydrogens (primary N) is 1. The molecule has 0 aliphatic heterocycles. The van der Waals surface area contributed by atoms with Crippen molar-refractivity contribution < 1.29 is 14.3 Å². The average molecular weight is 436 g/mol. The van der Waals surface area contributed by atoms with Crippen LogP contribution in [0.5, 0.6) is 0 Å². The lowest BCUT2D eigenvalue weighted by atomic mass is 10.00. The van der Waals surface area contributed by atoms with E-state index in [0.29, 0.717) is 33.4 Å². The molecule has 0 bridgehead atoms. The summed E-state index contributed by atoms with van der Waals surface area (Å²) in [6, 6.07) is 13.1. The number of hydrogen-bond acceptors (Lipinski definition) is 5.